The highest BCUT2D eigenvalue weighted by Gasteiger charge is 2.60. The number of carbonyl (C=O) groups excluding carboxylic acids is 2. The van der Waals surface area contributed by atoms with Gasteiger partial charge in [0, 0.05) is 11.3 Å². The number of para-hydroxylation sites is 1. The van der Waals surface area contributed by atoms with Crippen molar-refractivity contribution in [2.24, 2.45) is 0 Å². The number of fused-ring (bicyclic) bond motifs is 2. The van der Waals surface area contributed by atoms with Crippen molar-refractivity contribution < 1.29 is 9.59 Å². The molecule has 4 nitrogen and oxygen atoms in total. The Morgan fingerprint density at radius 1 is 0.903 bits per heavy atom. The van der Waals surface area contributed by atoms with E-state index in [1.165, 1.54) is 17.3 Å². The average molecular weight is 429 g/mol. The van der Waals surface area contributed by atoms with Crippen molar-refractivity contribution in [3.8, 4) is 0 Å². The molecule has 31 heavy (non-hydrogen) atoms. The summed E-state index contributed by atoms with van der Waals surface area (Å²) in [6.45, 7) is 4.77. The summed E-state index contributed by atoms with van der Waals surface area (Å²) in [4.78, 5) is 29.6. The lowest BCUT2D eigenvalue weighted by molar-refractivity contribution is -0.123. The Bertz CT molecular complexity index is 1140. The molecule has 0 aromatic heterocycles. The Morgan fingerprint density at radius 3 is 2.29 bits per heavy atom. The van der Waals surface area contributed by atoms with Gasteiger partial charge in [0.2, 0.25) is 10.8 Å². The van der Waals surface area contributed by atoms with Gasteiger partial charge in [-0.15, -0.1) is 11.8 Å². The Labute approximate surface area is 186 Å². The summed E-state index contributed by atoms with van der Waals surface area (Å²) in [7, 11) is 0. The standard InChI is InChI=1S/C26H24N2O2S/c1-18(2)20-12-14-21(15-13-20)28-24(29)17-31-26(28)22-10-6-7-11-23(22)27(25(26)30)16-19-8-4-3-5-9-19/h3-15,18H,16-17H2,1-2H3/t26-/m0/s1. The van der Waals surface area contributed by atoms with Crippen molar-refractivity contribution in [3.05, 3.63) is 95.6 Å². The maximum atomic E-state index is 14.0. The van der Waals surface area contributed by atoms with Crippen LogP contribution >= 0.6 is 11.8 Å². The van der Waals surface area contributed by atoms with Gasteiger partial charge < -0.3 is 4.90 Å². The Hall–Kier alpha value is -3.05. The minimum absolute atomic E-state index is 0.0352. The fourth-order valence-electron chi connectivity index (χ4n) is 4.49. The number of carbonyl (C=O) groups is 2. The molecule has 5 heteroatoms. The minimum atomic E-state index is -1.05. The Kier molecular flexibility index (Phi) is 4.86. The van der Waals surface area contributed by atoms with Crippen LogP contribution in [-0.2, 0) is 21.0 Å². The summed E-state index contributed by atoms with van der Waals surface area (Å²) in [5, 5.41) is 0. The Balaban J connectivity index is 1.61. The van der Waals surface area contributed by atoms with Crippen LogP contribution in [0.4, 0.5) is 11.4 Å². The van der Waals surface area contributed by atoms with Gasteiger partial charge >= 0.3 is 0 Å². The van der Waals surface area contributed by atoms with Gasteiger partial charge in [-0.25, -0.2) is 0 Å². The predicted octanol–water partition coefficient (Wildman–Crippen LogP) is 5.29. The molecule has 1 atom stereocenters. The molecule has 1 fully saturated rings. The third-order valence-electron chi connectivity index (χ3n) is 6.07. The number of hydrogen-bond acceptors (Lipinski definition) is 3. The first kappa shape index (κ1) is 19.9. The number of amides is 2. The maximum Gasteiger partial charge on any atom is 0.269 e. The number of nitrogens with zero attached hydrogens (tertiary/aromatic N) is 2. The Morgan fingerprint density at radius 2 is 1.58 bits per heavy atom. The van der Waals surface area contributed by atoms with Crippen molar-refractivity contribution in [1.29, 1.82) is 0 Å². The molecule has 5 rings (SSSR count). The summed E-state index contributed by atoms with van der Waals surface area (Å²) >= 11 is 1.42. The molecule has 2 aliphatic heterocycles. The van der Waals surface area contributed by atoms with Crippen LogP contribution in [0.25, 0.3) is 0 Å². The van der Waals surface area contributed by atoms with Gasteiger partial charge in [-0.1, -0.05) is 74.5 Å². The van der Waals surface area contributed by atoms with Gasteiger partial charge in [-0.05, 0) is 35.2 Å². The molecular formula is C26H24N2O2S. The molecule has 156 valence electrons. The van der Waals surface area contributed by atoms with Crippen molar-refractivity contribution in [2.75, 3.05) is 15.6 Å². The van der Waals surface area contributed by atoms with E-state index in [1.54, 1.807) is 4.90 Å². The number of benzene rings is 3. The third kappa shape index (κ3) is 3.07. The molecular weight excluding hydrogens is 404 g/mol. The molecule has 0 N–H and O–H groups in total. The highest BCUT2D eigenvalue weighted by atomic mass is 32.2. The second kappa shape index (κ2) is 7.57. The van der Waals surface area contributed by atoms with Crippen molar-refractivity contribution in [2.45, 2.75) is 31.2 Å². The van der Waals surface area contributed by atoms with E-state index in [-0.39, 0.29) is 17.6 Å². The van der Waals surface area contributed by atoms with E-state index in [0.717, 1.165) is 22.5 Å². The lowest BCUT2D eigenvalue weighted by atomic mass is 10.0. The molecule has 2 amide bonds. The maximum absolute atomic E-state index is 14.0. The molecule has 2 aliphatic rings. The summed E-state index contributed by atoms with van der Waals surface area (Å²) in [6.07, 6.45) is 0. The second-order valence-corrected chi connectivity index (χ2v) is 9.47. The summed E-state index contributed by atoms with van der Waals surface area (Å²) in [6, 6.07) is 25.9. The molecule has 0 bridgehead atoms. The lowest BCUT2D eigenvalue weighted by Crippen LogP contribution is -2.49. The minimum Gasteiger partial charge on any atom is -0.304 e. The van der Waals surface area contributed by atoms with Gasteiger partial charge in [0.1, 0.15) is 0 Å². The monoisotopic (exact) mass is 428 g/mol. The molecule has 1 spiro atoms. The predicted molar refractivity (Wildman–Crippen MR) is 126 cm³/mol. The quantitative estimate of drug-likeness (QED) is 0.567. The van der Waals surface area contributed by atoms with E-state index >= 15 is 0 Å². The van der Waals surface area contributed by atoms with Crippen LogP contribution in [0.2, 0.25) is 0 Å². The number of anilines is 2. The van der Waals surface area contributed by atoms with Crippen LogP contribution in [0, 0.1) is 0 Å². The zero-order chi connectivity index (χ0) is 21.6. The van der Waals surface area contributed by atoms with Crippen LogP contribution in [0.3, 0.4) is 0 Å². The SMILES string of the molecule is CC(C)c1ccc(N2C(=O)CS[C@@]23C(=O)N(Cc2ccccc2)c2ccccc23)cc1. The van der Waals surface area contributed by atoms with Crippen molar-refractivity contribution in [3.63, 3.8) is 0 Å². The van der Waals surface area contributed by atoms with Crippen LogP contribution in [0.15, 0.2) is 78.9 Å². The van der Waals surface area contributed by atoms with Gasteiger partial charge in [0.25, 0.3) is 5.91 Å². The molecule has 3 aromatic carbocycles. The fraction of sp³-hybridized carbons (Fsp3) is 0.231. The highest BCUT2D eigenvalue weighted by Crippen LogP contribution is 2.55. The molecule has 0 radical (unpaired) electrons. The number of thioether (sulfide) groups is 1. The topological polar surface area (TPSA) is 40.6 Å². The zero-order valence-corrected chi connectivity index (χ0v) is 18.4. The van der Waals surface area contributed by atoms with Gasteiger partial charge in [0.15, 0.2) is 0 Å². The normalized spacial score (nSPS) is 20.2. The number of hydrogen-bond donors (Lipinski definition) is 0. The van der Waals surface area contributed by atoms with Gasteiger partial charge in [-0.3, -0.25) is 14.5 Å². The fourth-order valence-corrected chi connectivity index (χ4v) is 5.85. The van der Waals surface area contributed by atoms with E-state index in [1.807, 2.05) is 71.6 Å². The van der Waals surface area contributed by atoms with E-state index < -0.39 is 4.87 Å². The summed E-state index contributed by atoms with van der Waals surface area (Å²) in [5.41, 5.74) is 4.80. The molecule has 0 aliphatic carbocycles. The smallest absolute Gasteiger partial charge is 0.269 e. The van der Waals surface area contributed by atoms with Crippen LogP contribution in [0.5, 0.6) is 0 Å². The van der Waals surface area contributed by atoms with Crippen LogP contribution in [-0.4, -0.2) is 17.6 Å². The van der Waals surface area contributed by atoms with E-state index in [2.05, 4.69) is 26.0 Å². The first-order valence-electron chi connectivity index (χ1n) is 10.5. The van der Waals surface area contributed by atoms with Gasteiger partial charge in [-0.2, -0.15) is 0 Å². The largest absolute Gasteiger partial charge is 0.304 e. The average Bonchev–Trinajstić information content (AvgIpc) is 3.26. The molecule has 1 saturated heterocycles. The first-order chi connectivity index (χ1) is 15.0. The van der Waals surface area contributed by atoms with E-state index in [4.69, 9.17) is 0 Å². The highest BCUT2D eigenvalue weighted by molar-refractivity contribution is 8.02. The summed E-state index contributed by atoms with van der Waals surface area (Å²) < 4.78 is 0. The van der Waals surface area contributed by atoms with Crippen molar-refractivity contribution >= 4 is 35.0 Å². The molecule has 0 unspecified atom stereocenters. The van der Waals surface area contributed by atoms with Crippen molar-refractivity contribution in [1.82, 2.24) is 0 Å². The second-order valence-electron chi connectivity index (χ2n) is 8.30. The number of rotatable bonds is 4. The lowest BCUT2D eigenvalue weighted by Gasteiger charge is -2.33. The molecule has 3 aromatic rings. The van der Waals surface area contributed by atoms with E-state index in [9.17, 15) is 9.59 Å². The first-order valence-corrected chi connectivity index (χ1v) is 11.5. The molecule has 0 saturated carbocycles. The van der Waals surface area contributed by atoms with E-state index in [0.29, 0.717) is 12.5 Å². The van der Waals surface area contributed by atoms with Crippen LogP contribution in [0.1, 0.15) is 36.5 Å². The molecule has 2 heterocycles. The van der Waals surface area contributed by atoms with Crippen LogP contribution < -0.4 is 9.80 Å². The third-order valence-corrected chi connectivity index (χ3v) is 7.45. The zero-order valence-electron chi connectivity index (χ0n) is 17.6. The summed E-state index contributed by atoms with van der Waals surface area (Å²) in [5.74, 6) is 0.598. The van der Waals surface area contributed by atoms with Gasteiger partial charge in [0.05, 0.1) is 18.0 Å².